The summed E-state index contributed by atoms with van der Waals surface area (Å²) in [5.41, 5.74) is -0.795. The molecule has 1 aromatic rings. The molecular weight excluding hydrogens is 217 g/mol. The maximum Gasteiger partial charge on any atom is 0.434 e. The summed E-state index contributed by atoms with van der Waals surface area (Å²) in [6, 6.07) is -0.00685. The first-order valence-electron chi connectivity index (χ1n) is 5.43. The van der Waals surface area contributed by atoms with Gasteiger partial charge in [-0.15, -0.1) is 0 Å². The molecule has 1 unspecified atom stereocenters. The second-order valence-corrected chi connectivity index (χ2v) is 4.29. The van der Waals surface area contributed by atoms with Crippen LogP contribution >= 0.6 is 0 Å². The third-order valence-corrected chi connectivity index (χ3v) is 2.66. The van der Waals surface area contributed by atoms with E-state index in [2.05, 4.69) is 4.98 Å². The van der Waals surface area contributed by atoms with E-state index in [-0.39, 0.29) is 12.0 Å². The Morgan fingerprint density at radius 3 is 2.25 bits per heavy atom. The zero-order chi connectivity index (χ0) is 12.5. The lowest BCUT2D eigenvalue weighted by Crippen LogP contribution is -2.07. The molecule has 0 saturated carbocycles. The monoisotopic (exact) mass is 234 g/mol. The van der Waals surface area contributed by atoms with Crippen LogP contribution in [0.4, 0.5) is 13.2 Å². The molecule has 1 atom stereocenters. The smallest absolute Gasteiger partial charge is 0.332 e. The van der Waals surface area contributed by atoms with Gasteiger partial charge in [0.1, 0.15) is 5.82 Å². The second kappa shape index (κ2) is 4.47. The van der Waals surface area contributed by atoms with Crippen molar-refractivity contribution in [1.82, 2.24) is 9.55 Å². The molecule has 0 aliphatic heterocycles. The summed E-state index contributed by atoms with van der Waals surface area (Å²) in [7, 11) is 0. The van der Waals surface area contributed by atoms with Crippen molar-refractivity contribution in [3.05, 3.63) is 17.7 Å². The molecular formula is C11H17F3N2. The Bertz CT molecular complexity index is 353. The Hall–Kier alpha value is -1.00. The summed E-state index contributed by atoms with van der Waals surface area (Å²) in [5.74, 6) is 0.559. The van der Waals surface area contributed by atoms with Gasteiger partial charge in [0.2, 0.25) is 0 Å². The van der Waals surface area contributed by atoms with E-state index >= 15 is 0 Å². The van der Waals surface area contributed by atoms with Crippen LogP contribution in [0.25, 0.3) is 0 Å². The maximum atomic E-state index is 12.5. The quantitative estimate of drug-likeness (QED) is 0.773. The molecule has 0 bridgehead atoms. The summed E-state index contributed by atoms with van der Waals surface area (Å²) in [4.78, 5) is 3.71. The zero-order valence-corrected chi connectivity index (χ0v) is 9.97. The number of alkyl halides is 3. The fourth-order valence-corrected chi connectivity index (χ4v) is 1.51. The van der Waals surface area contributed by atoms with Crippen LogP contribution in [0, 0.1) is 0 Å². The highest BCUT2D eigenvalue weighted by atomic mass is 19.4. The molecule has 0 aromatic carbocycles. The number of imidazole rings is 1. The van der Waals surface area contributed by atoms with Crippen molar-refractivity contribution in [1.29, 1.82) is 0 Å². The van der Waals surface area contributed by atoms with Crippen molar-refractivity contribution in [2.45, 2.75) is 52.3 Å². The summed E-state index contributed by atoms with van der Waals surface area (Å²) < 4.78 is 39.2. The largest absolute Gasteiger partial charge is 0.434 e. The molecule has 0 amide bonds. The van der Waals surface area contributed by atoms with Crippen LogP contribution in [-0.4, -0.2) is 9.55 Å². The molecule has 0 aliphatic rings. The molecule has 2 nitrogen and oxygen atoms in total. The summed E-state index contributed by atoms with van der Waals surface area (Å²) in [5, 5.41) is 0. The number of rotatable bonds is 3. The number of hydrogen-bond acceptors (Lipinski definition) is 1. The highest BCUT2D eigenvalue weighted by Crippen LogP contribution is 2.31. The van der Waals surface area contributed by atoms with Crippen LogP contribution in [0.5, 0.6) is 0 Å². The van der Waals surface area contributed by atoms with E-state index < -0.39 is 11.9 Å². The second-order valence-electron chi connectivity index (χ2n) is 4.29. The molecule has 5 heteroatoms. The predicted molar refractivity (Wildman–Crippen MR) is 56.3 cm³/mol. The lowest BCUT2D eigenvalue weighted by atomic mass is 10.1. The third-order valence-electron chi connectivity index (χ3n) is 2.66. The molecule has 0 aliphatic carbocycles. The van der Waals surface area contributed by atoms with Gasteiger partial charge in [0.15, 0.2) is 5.69 Å². The molecule has 1 rings (SSSR count). The number of aromatic nitrogens is 2. The minimum absolute atomic E-state index is 0.00685. The Balaban J connectivity index is 3.20. The molecule has 16 heavy (non-hydrogen) atoms. The Labute approximate surface area is 93.5 Å². The van der Waals surface area contributed by atoms with E-state index in [1.54, 1.807) is 4.57 Å². The Morgan fingerprint density at radius 2 is 1.88 bits per heavy atom. The fourth-order valence-electron chi connectivity index (χ4n) is 1.51. The lowest BCUT2D eigenvalue weighted by Gasteiger charge is -2.14. The van der Waals surface area contributed by atoms with Crippen molar-refractivity contribution in [2.24, 2.45) is 0 Å². The Morgan fingerprint density at radius 1 is 1.31 bits per heavy atom. The van der Waals surface area contributed by atoms with Gasteiger partial charge in [-0.25, -0.2) is 4.98 Å². The zero-order valence-electron chi connectivity index (χ0n) is 9.97. The van der Waals surface area contributed by atoms with Crippen LogP contribution < -0.4 is 0 Å². The van der Waals surface area contributed by atoms with Crippen LogP contribution in [0.1, 0.15) is 57.6 Å². The van der Waals surface area contributed by atoms with Crippen LogP contribution in [0.3, 0.4) is 0 Å². The van der Waals surface area contributed by atoms with E-state index in [9.17, 15) is 13.2 Å². The molecule has 0 saturated heterocycles. The van der Waals surface area contributed by atoms with Crippen LogP contribution in [0.2, 0.25) is 0 Å². The van der Waals surface area contributed by atoms with Crippen molar-refractivity contribution in [3.63, 3.8) is 0 Å². The summed E-state index contributed by atoms with van der Waals surface area (Å²) in [6.07, 6.45) is -2.48. The first-order valence-corrected chi connectivity index (χ1v) is 5.43. The standard InChI is InChI=1S/C11H17F3N2/c1-5-8(4)10-15-9(11(12,13)14)6-16(10)7(2)3/h6-8H,5H2,1-4H3. The van der Waals surface area contributed by atoms with Gasteiger partial charge in [-0.3, -0.25) is 0 Å². The van der Waals surface area contributed by atoms with E-state index in [0.29, 0.717) is 5.82 Å². The number of hydrogen-bond donors (Lipinski definition) is 0. The van der Waals surface area contributed by atoms with E-state index in [0.717, 1.165) is 12.6 Å². The molecule has 0 radical (unpaired) electrons. The highest BCUT2D eigenvalue weighted by molar-refractivity contribution is 5.11. The molecule has 92 valence electrons. The van der Waals surface area contributed by atoms with Crippen molar-refractivity contribution in [3.8, 4) is 0 Å². The number of halogens is 3. The van der Waals surface area contributed by atoms with Crippen LogP contribution in [-0.2, 0) is 6.18 Å². The van der Waals surface area contributed by atoms with E-state index in [1.807, 2.05) is 27.7 Å². The SMILES string of the molecule is CCC(C)c1nc(C(F)(F)F)cn1C(C)C. The van der Waals surface area contributed by atoms with Gasteiger partial charge >= 0.3 is 6.18 Å². The van der Waals surface area contributed by atoms with Crippen molar-refractivity contribution in [2.75, 3.05) is 0 Å². The van der Waals surface area contributed by atoms with E-state index in [1.165, 1.54) is 0 Å². The summed E-state index contributed by atoms with van der Waals surface area (Å²) >= 11 is 0. The highest BCUT2D eigenvalue weighted by Gasteiger charge is 2.35. The van der Waals surface area contributed by atoms with Crippen LogP contribution in [0.15, 0.2) is 6.20 Å². The van der Waals surface area contributed by atoms with Crippen molar-refractivity contribution < 1.29 is 13.2 Å². The van der Waals surface area contributed by atoms with Gasteiger partial charge in [0, 0.05) is 18.2 Å². The van der Waals surface area contributed by atoms with Gasteiger partial charge in [-0.2, -0.15) is 13.2 Å². The first kappa shape index (κ1) is 13.1. The molecule has 0 spiro atoms. The minimum atomic E-state index is -4.36. The predicted octanol–water partition coefficient (Wildman–Crippen LogP) is 4.00. The number of nitrogens with zero attached hydrogens (tertiary/aromatic N) is 2. The molecule has 1 aromatic heterocycles. The Kier molecular flexibility index (Phi) is 3.65. The average molecular weight is 234 g/mol. The third kappa shape index (κ3) is 2.57. The van der Waals surface area contributed by atoms with E-state index in [4.69, 9.17) is 0 Å². The van der Waals surface area contributed by atoms with Gasteiger partial charge in [0.05, 0.1) is 0 Å². The summed E-state index contributed by atoms with van der Waals surface area (Å²) in [6.45, 7) is 7.54. The van der Waals surface area contributed by atoms with Gasteiger partial charge in [0.25, 0.3) is 0 Å². The van der Waals surface area contributed by atoms with Gasteiger partial charge in [-0.05, 0) is 20.3 Å². The molecule has 0 N–H and O–H groups in total. The topological polar surface area (TPSA) is 17.8 Å². The van der Waals surface area contributed by atoms with Gasteiger partial charge in [-0.1, -0.05) is 13.8 Å². The molecule has 1 heterocycles. The first-order chi connectivity index (χ1) is 7.27. The average Bonchev–Trinajstić information content (AvgIpc) is 2.60. The minimum Gasteiger partial charge on any atom is -0.332 e. The normalized spacial score (nSPS) is 14.5. The fraction of sp³-hybridized carbons (Fsp3) is 0.727. The van der Waals surface area contributed by atoms with Gasteiger partial charge < -0.3 is 4.57 Å². The molecule has 0 fully saturated rings. The van der Waals surface area contributed by atoms with Crippen molar-refractivity contribution >= 4 is 0 Å². The maximum absolute atomic E-state index is 12.5. The lowest BCUT2D eigenvalue weighted by molar-refractivity contribution is -0.141.